The van der Waals surface area contributed by atoms with Crippen LogP contribution in [0.15, 0.2) is 53.3 Å². The van der Waals surface area contributed by atoms with Gasteiger partial charge < -0.3 is 4.90 Å². The van der Waals surface area contributed by atoms with Gasteiger partial charge in [-0.1, -0.05) is 42.5 Å². The van der Waals surface area contributed by atoms with Crippen LogP contribution in [-0.4, -0.2) is 26.6 Å². The third-order valence-corrected chi connectivity index (χ3v) is 6.01. The molecule has 0 radical (unpaired) electrons. The summed E-state index contributed by atoms with van der Waals surface area (Å²) in [5.41, 5.74) is 2.82. The predicted octanol–water partition coefficient (Wildman–Crippen LogP) is 3.62. The van der Waals surface area contributed by atoms with Crippen molar-refractivity contribution in [2.45, 2.75) is 44.2 Å². The van der Waals surface area contributed by atoms with Gasteiger partial charge in [0.1, 0.15) is 0 Å². The molecule has 0 bridgehead atoms. The first kappa shape index (κ1) is 17.2. The maximum atomic E-state index is 13.8. The maximum absolute atomic E-state index is 13.8. The van der Waals surface area contributed by atoms with Crippen molar-refractivity contribution in [1.82, 2.24) is 14.7 Å². The monoisotopic (exact) mass is 373 g/mol. The van der Waals surface area contributed by atoms with Crippen LogP contribution in [0.5, 0.6) is 0 Å². The number of aromatic nitrogens is 2. The lowest BCUT2D eigenvalue weighted by Gasteiger charge is -2.36. The summed E-state index contributed by atoms with van der Waals surface area (Å²) in [4.78, 5) is 28.3. The first-order valence-electron chi connectivity index (χ1n) is 10.0. The number of nitrogens with zero attached hydrogens (tertiary/aromatic N) is 3. The van der Waals surface area contributed by atoms with Crippen LogP contribution in [0, 0.1) is 0 Å². The van der Waals surface area contributed by atoms with Crippen molar-refractivity contribution in [3.63, 3.8) is 0 Å². The molecule has 0 N–H and O–H groups in total. The van der Waals surface area contributed by atoms with E-state index in [0.29, 0.717) is 16.5 Å². The molecular formula is C23H23N3O2. The Labute approximate surface area is 163 Å². The fourth-order valence-corrected chi connectivity index (χ4v) is 4.51. The minimum absolute atomic E-state index is 0.0593. The zero-order valence-electron chi connectivity index (χ0n) is 16.0. The van der Waals surface area contributed by atoms with Gasteiger partial charge in [0.25, 0.3) is 11.5 Å². The van der Waals surface area contributed by atoms with Crippen LogP contribution in [0.3, 0.4) is 0 Å². The molecule has 1 saturated carbocycles. The second-order valence-electron chi connectivity index (χ2n) is 7.87. The molecule has 2 aliphatic carbocycles. The minimum Gasteiger partial charge on any atom is -0.327 e. The summed E-state index contributed by atoms with van der Waals surface area (Å²) in [6.07, 6.45) is 5.20. The molecule has 1 fully saturated rings. The van der Waals surface area contributed by atoms with Crippen molar-refractivity contribution < 1.29 is 4.79 Å². The van der Waals surface area contributed by atoms with Crippen LogP contribution >= 0.6 is 0 Å². The average Bonchev–Trinajstić information content (AvgIpc) is 3.56. The number of carbonyl (C=O) groups excluding carboxylic acids is 1. The summed E-state index contributed by atoms with van der Waals surface area (Å²) in [5.74, 6) is -0.0593. The Morgan fingerprint density at radius 3 is 2.54 bits per heavy atom. The van der Waals surface area contributed by atoms with E-state index in [9.17, 15) is 9.59 Å². The molecule has 1 heterocycles. The standard InChI is InChI=1S/C23H23N3O2/c1-25-22(27)19-11-5-4-10-18(19)21(24-25)23(28)26(16-13-14-16)20-12-6-8-15-7-2-3-9-17(15)20/h2-5,7,9-11,16,20H,6,8,12-14H2,1H3/t20-/m0/s1. The number of aryl methyl sites for hydroxylation is 2. The fraction of sp³-hybridized carbons (Fsp3) is 0.348. The van der Waals surface area contributed by atoms with E-state index < -0.39 is 0 Å². The number of amides is 1. The molecule has 5 nitrogen and oxygen atoms in total. The molecule has 1 aromatic heterocycles. The molecule has 0 spiro atoms. The lowest BCUT2D eigenvalue weighted by atomic mass is 9.86. The smallest absolute Gasteiger partial charge is 0.275 e. The zero-order valence-corrected chi connectivity index (χ0v) is 16.0. The molecule has 5 heteroatoms. The molecule has 5 rings (SSSR count). The van der Waals surface area contributed by atoms with Crippen LogP contribution in [0.1, 0.15) is 53.3 Å². The summed E-state index contributed by atoms with van der Waals surface area (Å²) in [6, 6.07) is 16.1. The summed E-state index contributed by atoms with van der Waals surface area (Å²) in [6.45, 7) is 0. The van der Waals surface area contributed by atoms with Gasteiger partial charge in [0.15, 0.2) is 5.69 Å². The number of hydrogen-bond acceptors (Lipinski definition) is 3. The summed E-state index contributed by atoms with van der Waals surface area (Å²) in [5, 5.41) is 5.58. The third kappa shape index (κ3) is 2.73. The molecule has 0 unspecified atom stereocenters. The highest BCUT2D eigenvalue weighted by Crippen LogP contribution is 2.41. The maximum Gasteiger partial charge on any atom is 0.275 e. The molecule has 1 amide bonds. The second-order valence-corrected chi connectivity index (χ2v) is 7.87. The van der Waals surface area contributed by atoms with Gasteiger partial charge in [0.05, 0.1) is 11.4 Å². The molecule has 3 aromatic rings. The van der Waals surface area contributed by atoms with Crippen LogP contribution in [0.4, 0.5) is 0 Å². The van der Waals surface area contributed by atoms with E-state index in [0.717, 1.165) is 32.1 Å². The predicted molar refractivity (Wildman–Crippen MR) is 108 cm³/mol. The molecular weight excluding hydrogens is 350 g/mol. The van der Waals surface area contributed by atoms with Crippen molar-refractivity contribution in [3.05, 3.63) is 75.7 Å². The number of benzene rings is 2. The van der Waals surface area contributed by atoms with Crippen molar-refractivity contribution in [2.24, 2.45) is 7.05 Å². The Kier molecular flexibility index (Phi) is 4.04. The van der Waals surface area contributed by atoms with E-state index in [4.69, 9.17) is 0 Å². The lowest BCUT2D eigenvalue weighted by Crippen LogP contribution is -2.40. The molecule has 1 atom stereocenters. The topological polar surface area (TPSA) is 55.2 Å². The summed E-state index contributed by atoms with van der Waals surface area (Å²) < 4.78 is 1.29. The van der Waals surface area contributed by atoms with Gasteiger partial charge in [-0.3, -0.25) is 9.59 Å². The summed E-state index contributed by atoms with van der Waals surface area (Å²) in [7, 11) is 1.61. The Balaban J connectivity index is 1.64. The normalized spacial score (nSPS) is 18.7. The molecule has 28 heavy (non-hydrogen) atoms. The Morgan fingerprint density at radius 2 is 1.75 bits per heavy atom. The molecule has 0 aliphatic heterocycles. The van der Waals surface area contributed by atoms with E-state index in [1.54, 1.807) is 13.1 Å². The Morgan fingerprint density at radius 1 is 1.04 bits per heavy atom. The zero-order chi connectivity index (χ0) is 19.3. The van der Waals surface area contributed by atoms with Crippen LogP contribution in [-0.2, 0) is 13.5 Å². The van der Waals surface area contributed by atoms with Crippen molar-refractivity contribution in [3.8, 4) is 0 Å². The highest BCUT2D eigenvalue weighted by molar-refractivity contribution is 6.05. The first-order valence-corrected chi connectivity index (χ1v) is 10.0. The number of rotatable bonds is 3. The molecule has 0 saturated heterocycles. The second kappa shape index (κ2) is 6.59. The highest BCUT2D eigenvalue weighted by atomic mass is 16.2. The Bertz CT molecular complexity index is 1130. The van der Waals surface area contributed by atoms with Gasteiger partial charge in [-0.15, -0.1) is 0 Å². The van der Waals surface area contributed by atoms with Crippen LogP contribution in [0.25, 0.3) is 10.8 Å². The summed E-state index contributed by atoms with van der Waals surface area (Å²) >= 11 is 0. The van der Waals surface area contributed by atoms with E-state index >= 15 is 0 Å². The fourth-order valence-electron chi connectivity index (χ4n) is 4.51. The van der Waals surface area contributed by atoms with E-state index in [2.05, 4.69) is 34.3 Å². The van der Waals surface area contributed by atoms with E-state index in [1.165, 1.54) is 15.8 Å². The third-order valence-electron chi connectivity index (χ3n) is 6.01. The van der Waals surface area contributed by atoms with Crippen LogP contribution < -0.4 is 5.56 Å². The quantitative estimate of drug-likeness (QED) is 0.705. The van der Waals surface area contributed by atoms with E-state index in [1.807, 2.05) is 18.2 Å². The number of fused-ring (bicyclic) bond motifs is 2. The Hall–Kier alpha value is -2.95. The van der Waals surface area contributed by atoms with Gasteiger partial charge in [0.2, 0.25) is 0 Å². The molecule has 2 aromatic carbocycles. The highest BCUT2D eigenvalue weighted by Gasteiger charge is 2.40. The average molecular weight is 373 g/mol. The van der Waals surface area contributed by atoms with Gasteiger partial charge in [-0.2, -0.15) is 5.10 Å². The van der Waals surface area contributed by atoms with Crippen LogP contribution in [0.2, 0.25) is 0 Å². The van der Waals surface area contributed by atoms with Crippen molar-refractivity contribution >= 4 is 16.7 Å². The van der Waals surface area contributed by atoms with Gasteiger partial charge in [-0.05, 0) is 49.3 Å². The van der Waals surface area contributed by atoms with Crippen molar-refractivity contribution in [1.29, 1.82) is 0 Å². The van der Waals surface area contributed by atoms with Gasteiger partial charge in [0, 0.05) is 18.5 Å². The minimum atomic E-state index is -0.173. The SMILES string of the molecule is Cn1nc(C(=O)N(C2CC2)[C@H]2CCCc3ccccc32)c2ccccc2c1=O. The van der Waals surface area contributed by atoms with Gasteiger partial charge in [-0.25, -0.2) is 4.68 Å². The number of carbonyl (C=O) groups is 1. The van der Waals surface area contributed by atoms with Crippen molar-refractivity contribution in [2.75, 3.05) is 0 Å². The molecule has 2 aliphatic rings. The van der Waals surface area contributed by atoms with E-state index in [-0.39, 0.29) is 23.6 Å². The number of hydrogen-bond donors (Lipinski definition) is 0. The molecule has 142 valence electrons. The largest absolute Gasteiger partial charge is 0.327 e. The first-order chi connectivity index (χ1) is 13.6. The lowest BCUT2D eigenvalue weighted by molar-refractivity contribution is 0.0631. The van der Waals surface area contributed by atoms with Gasteiger partial charge >= 0.3 is 0 Å².